The van der Waals surface area contributed by atoms with E-state index in [-0.39, 0.29) is 0 Å². The lowest BCUT2D eigenvalue weighted by molar-refractivity contribution is 0.277. The van der Waals surface area contributed by atoms with Crippen LogP contribution in [-0.4, -0.2) is 34.3 Å². The lowest BCUT2D eigenvalue weighted by Gasteiger charge is -2.11. The van der Waals surface area contributed by atoms with Crippen LogP contribution in [0.1, 0.15) is 36.5 Å². The molecule has 0 atom stereocenters. The van der Waals surface area contributed by atoms with Gasteiger partial charge in [0, 0.05) is 11.3 Å². The van der Waals surface area contributed by atoms with Crippen molar-refractivity contribution in [3.8, 4) is 11.5 Å². The Morgan fingerprint density at radius 1 is 1.26 bits per heavy atom. The van der Waals surface area contributed by atoms with Crippen molar-refractivity contribution in [1.82, 2.24) is 14.9 Å². The van der Waals surface area contributed by atoms with Gasteiger partial charge in [0.15, 0.2) is 17.3 Å². The monoisotopic (exact) mass is 402 g/mol. The zero-order valence-corrected chi connectivity index (χ0v) is 17.0. The van der Waals surface area contributed by atoms with Gasteiger partial charge in [-0.3, -0.25) is 5.10 Å². The number of hydrogen-bond acceptors (Lipinski definition) is 6. The summed E-state index contributed by atoms with van der Waals surface area (Å²) in [5.41, 5.74) is 0.896. The maximum atomic E-state index is 5.74. The summed E-state index contributed by atoms with van der Waals surface area (Å²) >= 11 is 6.99. The first-order valence-electron chi connectivity index (χ1n) is 8.84. The van der Waals surface area contributed by atoms with E-state index in [1.807, 2.05) is 36.6 Å². The summed E-state index contributed by atoms with van der Waals surface area (Å²) in [7, 11) is 0. The molecule has 0 bridgehead atoms. The first kappa shape index (κ1) is 19.3. The Kier molecular flexibility index (Phi) is 6.78. The molecule has 0 spiro atoms. The van der Waals surface area contributed by atoms with Crippen LogP contribution in [0.2, 0.25) is 0 Å². The molecule has 0 radical (unpaired) electrons. The van der Waals surface area contributed by atoms with Gasteiger partial charge >= 0.3 is 0 Å². The second kappa shape index (κ2) is 9.48. The normalized spacial score (nSPS) is 11.2. The molecule has 0 aliphatic rings. The van der Waals surface area contributed by atoms with Gasteiger partial charge in [0.1, 0.15) is 0 Å². The van der Waals surface area contributed by atoms with Gasteiger partial charge in [-0.1, -0.05) is 13.0 Å². The Labute approximate surface area is 167 Å². The molecule has 0 aliphatic heterocycles. The Morgan fingerprint density at radius 2 is 2.15 bits per heavy atom. The first-order chi connectivity index (χ1) is 13.2. The highest BCUT2D eigenvalue weighted by Crippen LogP contribution is 2.28. The van der Waals surface area contributed by atoms with Gasteiger partial charge < -0.3 is 9.47 Å². The summed E-state index contributed by atoms with van der Waals surface area (Å²) in [6, 6.07) is 9.86. The second-order valence-electron chi connectivity index (χ2n) is 5.75. The predicted octanol–water partition coefficient (Wildman–Crippen LogP) is 4.66. The van der Waals surface area contributed by atoms with E-state index in [0.717, 1.165) is 23.6 Å². The van der Waals surface area contributed by atoms with Crippen LogP contribution in [-0.2, 0) is 6.42 Å². The number of nitrogens with one attached hydrogen (secondary N) is 1. The van der Waals surface area contributed by atoms with Crippen LogP contribution in [0.4, 0.5) is 0 Å². The Bertz CT molecular complexity index is 945. The number of benzene rings is 1. The molecule has 0 saturated heterocycles. The molecule has 0 unspecified atom stereocenters. The number of ether oxygens (including phenoxy) is 2. The third kappa shape index (κ3) is 5.05. The Hall–Kier alpha value is -2.45. The highest BCUT2D eigenvalue weighted by atomic mass is 32.1. The van der Waals surface area contributed by atoms with Crippen LogP contribution >= 0.6 is 23.6 Å². The van der Waals surface area contributed by atoms with Crippen LogP contribution in [0.15, 0.2) is 40.8 Å². The Balaban J connectivity index is 1.82. The molecule has 6 nitrogen and oxygen atoms in total. The number of thiophene rings is 1. The Morgan fingerprint density at radius 3 is 2.89 bits per heavy atom. The van der Waals surface area contributed by atoms with E-state index < -0.39 is 0 Å². The van der Waals surface area contributed by atoms with Crippen LogP contribution in [0, 0.1) is 4.77 Å². The zero-order valence-electron chi connectivity index (χ0n) is 15.3. The van der Waals surface area contributed by atoms with E-state index in [0.29, 0.717) is 30.2 Å². The molecule has 2 heterocycles. The average Bonchev–Trinajstić information content (AvgIpc) is 3.30. The topological polar surface area (TPSA) is 64.4 Å². The van der Waals surface area contributed by atoms with Gasteiger partial charge in [-0.25, -0.2) is 0 Å². The van der Waals surface area contributed by atoms with Crippen molar-refractivity contribution in [1.29, 1.82) is 0 Å². The first-order valence-corrected chi connectivity index (χ1v) is 10.1. The smallest absolute Gasteiger partial charge is 0.216 e. The number of aromatic nitrogens is 3. The van der Waals surface area contributed by atoms with E-state index in [2.05, 4.69) is 28.3 Å². The van der Waals surface area contributed by atoms with Crippen LogP contribution < -0.4 is 9.47 Å². The fourth-order valence-corrected chi connectivity index (χ4v) is 3.36. The highest BCUT2D eigenvalue weighted by Gasteiger charge is 2.08. The van der Waals surface area contributed by atoms with E-state index in [1.165, 1.54) is 4.88 Å². The molecule has 27 heavy (non-hydrogen) atoms. The van der Waals surface area contributed by atoms with Crippen molar-refractivity contribution in [2.75, 3.05) is 13.2 Å². The molecule has 0 saturated carbocycles. The standard InChI is InChI=1S/C19H22N4O2S2/c1-3-9-25-16-8-7-14(11-17(16)24-4-2)13-20-23-18(21-22-19(23)26)12-15-6-5-10-27-15/h5-8,10-11,13H,3-4,9,12H2,1-2H3,(H,22,26)/b20-13-. The summed E-state index contributed by atoms with van der Waals surface area (Å²) in [5, 5.41) is 13.7. The molecule has 1 aromatic carbocycles. The van der Waals surface area contributed by atoms with Crippen LogP contribution in [0.25, 0.3) is 0 Å². The fraction of sp³-hybridized carbons (Fsp3) is 0.316. The number of nitrogens with zero attached hydrogens (tertiary/aromatic N) is 3. The van der Waals surface area contributed by atoms with Crippen molar-refractivity contribution in [2.24, 2.45) is 5.10 Å². The van der Waals surface area contributed by atoms with Gasteiger partial charge in [0.2, 0.25) is 4.77 Å². The van der Waals surface area contributed by atoms with E-state index in [9.17, 15) is 0 Å². The largest absolute Gasteiger partial charge is 0.490 e. The molecule has 1 N–H and O–H groups in total. The molecular weight excluding hydrogens is 380 g/mol. The highest BCUT2D eigenvalue weighted by molar-refractivity contribution is 7.71. The van der Waals surface area contributed by atoms with E-state index in [1.54, 1.807) is 22.2 Å². The van der Waals surface area contributed by atoms with Crippen molar-refractivity contribution in [2.45, 2.75) is 26.7 Å². The molecule has 3 aromatic rings. The number of H-pyrrole nitrogens is 1. The molecule has 142 valence electrons. The van der Waals surface area contributed by atoms with E-state index in [4.69, 9.17) is 21.7 Å². The minimum absolute atomic E-state index is 0.464. The van der Waals surface area contributed by atoms with E-state index >= 15 is 0 Å². The lowest BCUT2D eigenvalue weighted by Crippen LogP contribution is -2.01. The van der Waals surface area contributed by atoms with Gasteiger partial charge in [-0.15, -0.1) is 11.3 Å². The van der Waals surface area contributed by atoms with Gasteiger partial charge in [0.05, 0.1) is 19.4 Å². The fourth-order valence-electron chi connectivity index (χ4n) is 2.46. The quantitative estimate of drug-likeness (QED) is 0.417. The van der Waals surface area contributed by atoms with Crippen molar-refractivity contribution in [3.63, 3.8) is 0 Å². The van der Waals surface area contributed by atoms with Gasteiger partial charge in [0.25, 0.3) is 0 Å². The number of rotatable bonds is 9. The third-order valence-corrected chi connectivity index (χ3v) is 4.82. The zero-order chi connectivity index (χ0) is 19.1. The van der Waals surface area contributed by atoms with Crippen molar-refractivity contribution in [3.05, 3.63) is 56.7 Å². The molecule has 0 aliphatic carbocycles. The maximum absolute atomic E-state index is 5.74. The van der Waals surface area contributed by atoms with Crippen molar-refractivity contribution < 1.29 is 9.47 Å². The van der Waals surface area contributed by atoms with Crippen LogP contribution in [0.3, 0.4) is 0 Å². The summed E-state index contributed by atoms with van der Waals surface area (Å²) in [5.74, 6) is 2.23. The van der Waals surface area contributed by atoms with Crippen LogP contribution in [0.5, 0.6) is 11.5 Å². The summed E-state index contributed by atoms with van der Waals surface area (Å²) in [6.45, 7) is 5.25. The molecule has 8 heteroatoms. The minimum atomic E-state index is 0.464. The number of aromatic amines is 1. The summed E-state index contributed by atoms with van der Waals surface area (Å²) < 4.78 is 13.5. The molecule has 0 amide bonds. The minimum Gasteiger partial charge on any atom is -0.490 e. The average molecular weight is 403 g/mol. The number of hydrogen-bond donors (Lipinski definition) is 1. The molecule has 2 aromatic heterocycles. The molecular formula is C19H22N4O2S2. The van der Waals surface area contributed by atoms with Gasteiger partial charge in [-0.2, -0.15) is 14.9 Å². The third-order valence-electron chi connectivity index (χ3n) is 3.68. The predicted molar refractivity (Wildman–Crippen MR) is 111 cm³/mol. The summed E-state index contributed by atoms with van der Waals surface area (Å²) in [6.07, 6.45) is 3.37. The maximum Gasteiger partial charge on any atom is 0.216 e. The van der Waals surface area contributed by atoms with Crippen molar-refractivity contribution >= 4 is 29.8 Å². The SMILES string of the molecule is CCCOc1ccc(/C=N\n2c(Cc3cccs3)n[nH]c2=S)cc1OCC. The second-order valence-corrected chi connectivity index (χ2v) is 7.16. The van der Waals surface area contributed by atoms with Gasteiger partial charge in [-0.05, 0) is 60.8 Å². The molecule has 0 fully saturated rings. The summed E-state index contributed by atoms with van der Waals surface area (Å²) in [4.78, 5) is 1.21. The molecule has 3 rings (SSSR count). The lowest BCUT2D eigenvalue weighted by atomic mass is 10.2.